The number of alkyl halides is 3. The van der Waals surface area contributed by atoms with Crippen molar-refractivity contribution in [2.24, 2.45) is 0 Å². The van der Waals surface area contributed by atoms with Crippen molar-refractivity contribution in [3.63, 3.8) is 0 Å². The van der Waals surface area contributed by atoms with Crippen LogP contribution in [0.4, 0.5) is 18.0 Å². The number of aromatic nitrogens is 2. The Bertz CT molecular complexity index is 1310. The van der Waals surface area contributed by atoms with Gasteiger partial charge in [-0.3, -0.25) is 4.90 Å². The fourth-order valence-corrected chi connectivity index (χ4v) is 4.48. The van der Waals surface area contributed by atoms with E-state index in [9.17, 15) is 28.2 Å². The van der Waals surface area contributed by atoms with E-state index < -0.39 is 30.0 Å². The van der Waals surface area contributed by atoms with Crippen LogP contribution in [-0.2, 0) is 12.6 Å². The van der Waals surface area contributed by atoms with Crippen LogP contribution >= 0.6 is 0 Å². The van der Waals surface area contributed by atoms with Gasteiger partial charge in [-0.1, -0.05) is 11.2 Å². The number of fused-ring (bicyclic) bond motifs is 1. The van der Waals surface area contributed by atoms with Gasteiger partial charge in [-0.15, -0.1) is 0 Å². The highest BCUT2D eigenvalue weighted by atomic mass is 19.4. The second kappa shape index (κ2) is 10.4. The van der Waals surface area contributed by atoms with Crippen LogP contribution in [0.1, 0.15) is 35.9 Å². The first-order valence-electron chi connectivity index (χ1n) is 11.9. The summed E-state index contributed by atoms with van der Waals surface area (Å²) in [6, 6.07) is 7.85. The first-order valence-corrected chi connectivity index (χ1v) is 11.9. The number of carboxylic acid groups (broad SMARTS) is 1. The van der Waals surface area contributed by atoms with Gasteiger partial charge in [0.25, 0.3) is 5.89 Å². The molecule has 1 fully saturated rings. The molecule has 3 heterocycles. The molecule has 5 rings (SSSR count). The van der Waals surface area contributed by atoms with E-state index in [2.05, 4.69) is 10.1 Å². The maximum absolute atomic E-state index is 13.8. The van der Waals surface area contributed by atoms with Gasteiger partial charge in [-0.25, -0.2) is 4.79 Å². The molecule has 0 saturated carbocycles. The number of halogens is 3. The number of hydrogen-bond donors (Lipinski definition) is 2. The number of hydrogen-bond acceptors (Lipinski definition) is 8. The monoisotopic (exact) mass is 535 g/mol. The van der Waals surface area contributed by atoms with Gasteiger partial charge in [-0.05, 0) is 55.2 Å². The molecule has 10 nitrogen and oxygen atoms in total. The molecule has 2 aliphatic heterocycles. The Hall–Kier alpha value is -4.00. The average molecular weight is 535 g/mol. The van der Waals surface area contributed by atoms with Crippen LogP contribution in [0.5, 0.6) is 17.2 Å². The summed E-state index contributed by atoms with van der Waals surface area (Å²) < 4.78 is 63.2. The summed E-state index contributed by atoms with van der Waals surface area (Å²) in [6.07, 6.45) is -5.84. The fourth-order valence-electron chi connectivity index (χ4n) is 4.48. The lowest BCUT2D eigenvalue weighted by Gasteiger charge is -2.19. The van der Waals surface area contributed by atoms with E-state index in [4.69, 9.17) is 18.7 Å². The SMILES string of the molecule is O=C(O)N1CC[C@H](O)[C@H]1c1nc(-c2ccc(OCCCc3ccc4c(c3)OCCO4)c(C(F)(F)F)c2)no1. The summed E-state index contributed by atoms with van der Waals surface area (Å²) in [4.78, 5) is 16.4. The van der Waals surface area contributed by atoms with Crippen molar-refractivity contribution < 1.29 is 46.9 Å². The van der Waals surface area contributed by atoms with E-state index in [0.717, 1.165) is 16.5 Å². The molecule has 1 amide bonds. The number of likely N-dealkylation sites (tertiary alicyclic amines) is 1. The van der Waals surface area contributed by atoms with E-state index in [-0.39, 0.29) is 42.6 Å². The number of aliphatic hydroxyl groups excluding tert-OH is 1. The highest BCUT2D eigenvalue weighted by Gasteiger charge is 2.41. The lowest BCUT2D eigenvalue weighted by atomic mass is 10.1. The molecule has 2 N–H and O–H groups in total. The smallest absolute Gasteiger partial charge is 0.419 e. The van der Waals surface area contributed by atoms with Gasteiger partial charge in [0.2, 0.25) is 5.82 Å². The van der Waals surface area contributed by atoms with Gasteiger partial charge >= 0.3 is 12.3 Å². The molecule has 0 spiro atoms. The molecule has 2 aromatic carbocycles. The summed E-state index contributed by atoms with van der Waals surface area (Å²) in [6.45, 7) is 1.07. The van der Waals surface area contributed by atoms with E-state index in [1.165, 1.54) is 12.1 Å². The first-order chi connectivity index (χ1) is 18.2. The zero-order chi connectivity index (χ0) is 26.9. The molecule has 3 aromatic rings. The Kier molecular flexibility index (Phi) is 7.02. The van der Waals surface area contributed by atoms with Crippen molar-refractivity contribution >= 4 is 6.09 Å². The van der Waals surface area contributed by atoms with Crippen molar-refractivity contribution in [3.8, 4) is 28.6 Å². The minimum absolute atomic E-state index is 0.00492. The summed E-state index contributed by atoms with van der Waals surface area (Å²) in [5, 5.41) is 23.2. The zero-order valence-corrected chi connectivity index (χ0v) is 20.0. The highest BCUT2D eigenvalue weighted by Crippen LogP contribution is 2.39. The van der Waals surface area contributed by atoms with Gasteiger partial charge in [0.05, 0.1) is 18.3 Å². The lowest BCUT2D eigenvalue weighted by Crippen LogP contribution is -2.32. The van der Waals surface area contributed by atoms with Crippen LogP contribution in [0.3, 0.4) is 0 Å². The van der Waals surface area contributed by atoms with Gasteiger partial charge in [0.15, 0.2) is 11.5 Å². The molecule has 2 atom stereocenters. The van der Waals surface area contributed by atoms with Crippen LogP contribution in [0.2, 0.25) is 0 Å². The normalized spacial score (nSPS) is 19.0. The van der Waals surface area contributed by atoms with E-state index >= 15 is 0 Å². The van der Waals surface area contributed by atoms with Crippen LogP contribution < -0.4 is 14.2 Å². The third-order valence-electron chi connectivity index (χ3n) is 6.32. The Labute approximate surface area is 214 Å². The van der Waals surface area contributed by atoms with Crippen LogP contribution in [-0.4, -0.2) is 63.8 Å². The zero-order valence-electron chi connectivity index (χ0n) is 20.0. The average Bonchev–Trinajstić information content (AvgIpc) is 3.52. The number of amides is 1. The molecule has 13 heteroatoms. The Morgan fingerprint density at radius 2 is 1.92 bits per heavy atom. The van der Waals surface area contributed by atoms with Gasteiger partial charge in [-0.2, -0.15) is 18.2 Å². The topological polar surface area (TPSA) is 127 Å². The van der Waals surface area contributed by atoms with Crippen LogP contribution in [0, 0.1) is 0 Å². The maximum Gasteiger partial charge on any atom is 0.419 e. The van der Waals surface area contributed by atoms with E-state index in [1.807, 2.05) is 12.1 Å². The number of carbonyl (C=O) groups is 1. The molecule has 0 aliphatic carbocycles. The number of aliphatic hydroxyl groups is 1. The Morgan fingerprint density at radius 1 is 1.13 bits per heavy atom. The van der Waals surface area contributed by atoms with Gasteiger partial charge in [0, 0.05) is 12.1 Å². The number of ether oxygens (including phenoxy) is 3. The molecule has 202 valence electrons. The molecular weight excluding hydrogens is 511 g/mol. The summed E-state index contributed by atoms with van der Waals surface area (Å²) in [5.41, 5.74) is -0.0509. The summed E-state index contributed by atoms with van der Waals surface area (Å²) in [7, 11) is 0. The maximum atomic E-state index is 13.8. The third kappa shape index (κ3) is 5.32. The minimum atomic E-state index is -4.71. The predicted octanol–water partition coefficient (Wildman–Crippen LogP) is 4.32. The van der Waals surface area contributed by atoms with E-state index in [0.29, 0.717) is 37.6 Å². The Balaban J connectivity index is 1.27. The first kappa shape index (κ1) is 25.6. The van der Waals surface area contributed by atoms with Crippen LogP contribution in [0.25, 0.3) is 11.4 Å². The number of nitrogens with zero attached hydrogens (tertiary/aromatic N) is 3. The van der Waals surface area contributed by atoms with Crippen molar-refractivity contribution in [2.45, 2.75) is 37.6 Å². The minimum Gasteiger partial charge on any atom is -0.493 e. The number of rotatable bonds is 7. The predicted molar refractivity (Wildman–Crippen MR) is 124 cm³/mol. The van der Waals surface area contributed by atoms with Crippen molar-refractivity contribution in [1.82, 2.24) is 15.0 Å². The molecule has 1 saturated heterocycles. The Morgan fingerprint density at radius 3 is 2.68 bits per heavy atom. The second-order valence-corrected chi connectivity index (χ2v) is 8.87. The van der Waals surface area contributed by atoms with Crippen molar-refractivity contribution in [1.29, 1.82) is 0 Å². The summed E-state index contributed by atoms with van der Waals surface area (Å²) in [5.74, 6) is 0.613. The molecule has 1 aromatic heterocycles. The molecule has 0 unspecified atom stereocenters. The quantitative estimate of drug-likeness (QED) is 0.425. The van der Waals surface area contributed by atoms with Gasteiger partial charge < -0.3 is 28.9 Å². The standard InChI is InChI=1S/C25H24F3N3O7/c26-25(27,28)16-13-15(22-29-23(38-30-22)21-17(32)7-8-31(21)24(33)34)4-6-18(16)35-9-1-2-14-3-5-19-20(12-14)37-11-10-36-19/h3-6,12-13,17,21,32H,1-2,7-11H2,(H,33,34)/t17-,21-/m0/s1. The fraction of sp³-hybridized carbons (Fsp3) is 0.400. The molecule has 38 heavy (non-hydrogen) atoms. The van der Waals surface area contributed by atoms with E-state index in [1.54, 1.807) is 6.07 Å². The lowest BCUT2D eigenvalue weighted by molar-refractivity contribution is -0.138. The summed E-state index contributed by atoms with van der Waals surface area (Å²) >= 11 is 0. The highest BCUT2D eigenvalue weighted by molar-refractivity contribution is 5.66. The number of benzene rings is 2. The molecule has 2 aliphatic rings. The molecule has 0 radical (unpaired) electrons. The number of aryl methyl sites for hydroxylation is 1. The van der Waals surface area contributed by atoms with Crippen molar-refractivity contribution in [2.75, 3.05) is 26.4 Å². The van der Waals surface area contributed by atoms with Crippen LogP contribution in [0.15, 0.2) is 40.9 Å². The largest absolute Gasteiger partial charge is 0.493 e. The van der Waals surface area contributed by atoms with Gasteiger partial charge in [0.1, 0.15) is 25.0 Å². The third-order valence-corrected chi connectivity index (χ3v) is 6.32. The second-order valence-electron chi connectivity index (χ2n) is 8.87. The van der Waals surface area contributed by atoms with Crippen molar-refractivity contribution in [3.05, 3.63) is 53.4 Å². The molecule has 0 bridgehead atoms. The molecular formula is C25H24F3N3O7.